The Hall–Kier alpha value is -1.57. The second-order valence-corrected chi connectivity index (χ2v) is 6.96. The number of carbonyl (C=O) groups excluding carboxylic acids is 1. The highest BCUT2D eigenvalue weighted by atomic mass is 16.8. The number of methoxy groups -OCH3 is 3. The van der Waals surface area contributed by atoms with Crippen LogP contribution in [0.4, 0.5) is 0 Å². The maximum Gasteiger partial charge on any atom is 0.337 e. The Morgan fingerprint density at radius 3 is 2.37 bits per heavy atom. The smallest absolute Gasteiger partial charge is 0.337 e. The molecule has 0 aromatic rings. The molecule has 11 heteroatoms. The van der Waals surface area contributed by atoms with Crippen LogP contribution in [0.3, 0.4) is 0 Å². The molecule has 1 saturated heterocycles. The molecule has 1 fully saturated rings. The highest BCUT2D eigenvalue weighted by Gasteiger charge is 2.47. The van der Waals surface area contributed by atoms with Gasteiger partial charge in [-0.3, -0.25) is 0 Å². The number of hydrogen-bond donors (Lipinski definition) is 4. The van der Waals surface area contributed by atoms with Crippen LogP contribution in [0.1, 0.15) is 6.42 Å². The molecule has 4 N–H and O–H groups in total. The van der Waals surface area contributed by atoms with Crippen LogP contribution in [0.15, 0.2) is 24.5 Å². The van der Waals surface area contributed by atoms with Gasteiger partial charge >= 0.3 is 5.97 Å². The number of rotatable bonds is 9. The van der Waals surface area contributed by atoms with Crippen molar-refractivity contribution in [3.8, 4) is 0 Å². The maximum atomic E-state index is 12.2. The Morgan fingerprint density at radius 1 is 1.17 bits per heavy atom. The standard InChI is InChI=1S/C19H30O11/c1-5-9-10(6-13(25-2)26-3)11(17(24)27-4)8-28-18(9)30-19-16(23)15(22)14(21)12(7-20)29-19/h5,8-10,12-16,18-23H,1,6-7H2,2-4H3/t9-,10+,12-,14-,15+,16-,18+,19-/m1/s1. The molecule has 172 valence electrons. The molecular weight excluding hydrogens is 404 g/mol. The third-order valence-electron chi connectivity index (χ3n) is 5.29. The van der Waals surface area contributed by atoms with Gasteiger partial charge in [-0.05, 0) is 0 Å². The second kappa shape index (κ2) is 11.2. The fraction of sp³-hybridized carbons (Fsp3) is 0.737. The average Bonchev–Trinajstić information content (AvgIpc) is 2.77. The zero-order chi connectivity index (χ0) is 22.4. The first kappa shape index (κ1) is 24.7. The molecule has 2 aliphatic rings. The van der Waals surface area contributed by atoms with Crippen LogP contribution in [0, 0.1) is 11.8 Å². The van der Waals surface area contributed by atoms with Gasteiger partial charge in [-0.15, -0.1) is 6.58 Å². The molecule has 2 aliphatic heterocycles. The molecule has 30 heavy (non-hydrogen) atoms. The average molecular weight is 434 g/mol. The molecule has 2 heterocycles. The van der Waals surface area contributed by atoms with Crippen molar-refractivity contribution < 1.29 is 53.6 Å². The fourth-order valence-electron chi connectivity index (χ4n) is 3.52. The van der Waals surface area contributed by atoms with E-state index in [4.69, 9.17) is 28.4 Å². The Morgan fingerprint density at radius 2 is 1.83 bits per heavy atom. The predicted octanol–water partition coefficient (Wildman–Crippen LogP) is -1.36. The van der Waals surface area contributed by atoms with Crippen molar-refractivity contribution >= 4 is 5.97 Å². The Balaban J connectivity index is 2.26. The van der Waals surface area contributed by atoms with E-state index in [1.807, 2.05) is 0 Å². The van der Waals surface area contributed by atoms with Crippen molar-refractivity contribution in [1.82, 2.24) is 0 Å². The van der Waals surface area contributed by atoms with Gasteiger partial charge in [0.2, 0.25) is 6.29 Å². The molecule has 8 atom stereocenters. The number of ether oxygens (including phenoxy) is 6. The second-order valence-electron chi connectivity index (χ2n) is 6.96. The normalized spacial score (nSPS) is 36.7. The van der Waals surface area contributed by atoms with Crippen LogP contribution in [0.25, 0.3) is 0 Å². The topological polar surface area (TPSA) is 153 Å². The van der Waals surface area contributed by atoms with Crippen molar-refractivity contribution in [2.75, 3.05) is 27.9 Å². The van der Waals surface area contributed by atoms with E-state index in [0.29, 0.717) is 0 Å². The molecule has 0 amide bonds. The molecule has 0 bridgehead atoms. The molecule has 0 unspecified atom stereocenters. The number of aliphatic hydroxyl groups excluding tert-OH is 4. The van der Waals surface area contributed by atoms with Gasteiger partial charge in [0.15, 0.2) is 12.6 Å². The first-order valence-corrected chi connectivity index (χ1v) is 9.40. The minimum absolute atomic E-state index is 0.218. The Bertz CT molecular complexity index is 603. The molecule has 0 saturated carbocycles. The summed E-state index contributed by atoms with van der Waals surface area (Å²) in [5.74, 6) is -1.77. The lowest BCUT2D eigenvalue weighted by atomic mass is 9.81. The number of aliphatic hydroxyl groups is 4. The molecule has 0 aliphatic carbocycles. The molecule has 11 nitrogen and oxygen atoms in total. The van der Waals surface area contributed by atoms with Gasteiger partial charge in [0, 0.05) is 32.5 Å². The summed E-state index contributed by atoms with van der Waals surface area (Å²) >= 11 is 0. The maximum absolute atomic E-state index is 12.2. The largest absolute Gasteiger partial charge is 0.471 e. The van der Waals surface area contributed by atoms with Crippen molar-refractivity contribution in [3.05, 3.63) is 24.5 Å². The molecule has 0 radical (unpaired) electrons. The summed E-state index contributed by atoms with van der Waals surface area (Å²) in [6.07, 6.45) is -6.05. The lowest BCUT2D eigenvalue weighted by Gasteiger charge is -2.43. The van der Waals surface area contributed by atoms with Crippen molar-refractivity contribution in [1.29, 1.82) is 0 Å². The fourth-order valence-corrected chi connectivity index (χ4v) is 3.52. The zero-order valence-electron chi connectivity index (χ0n) is 17.1. The van der Waals surface area contributed by atoms with Gasteiger partial charge in [-0.25, -0.2) is 4.79 Å². The van der Waals surface area contributed by atoms with Gasteiger partial charge in [-0.2, -0.15) is 0 Å². The van der Waals surface area contributed by atoms with Crippen LogP contribution >= 0.6 is 0 Å². The van der Waals surface area contributed by atoms with Gasteiger partial charge in [0.25, 0.3) is 0 Å². The number of esters is 1. The van der Waals surface area contributed by atoms with E-state index in [1.54, 1.807) is 0 Å². The van der Waals surface area contributed by atoms with E-state index in [2.05, 4.69) is 6.58 Å². The predicted molar refractivity (Wildman–Crippen MR) is 99.4 cm³/mol. The summed E-state index contributed by atoms with van der Waals surface area (Å²) in [6, 6.07) is 0. The number of hydrogen-bond acceptors (Lipinski definition) is 11. The Labute approximate surface area is 174 Å². The van der Waals surface area contributed by atoms with E-state index in [1.165, 1.54) is 33.7 Å². The summed E-state index contributed by atoms with van der Waals surface area (Å²) in [7, 11) is 4.16. The van der Waals surface area contributed by atoms with E-state index in [9.17, 15) is 25.2 Å². The van der Waals surface area contributed by atoms with E-state index in [0.717, 1.165) is 0 Å². The highest BCUT2D eigenvalue weighted by molar-refractivity contribution is 5.88. The van der Waals surface area contributed by atoms with Gasteiger partial charge in [0.1, 0.15) is 24.4 Å². The van der Waals surface area contributed by atoms with Crippen LogP contribution in [-0.4, -0.2) is 97.6 Å². The van der Waals surface area contributed by atoms with Gasteiger partial charge in [-0.1, -0.05) is 6.08 Å². The minimum Gasteiger partial charge on any atom is -0.471 e. The highest BCUT2D eigenvalue weighted by Crippen LogP contribution is 2.38. The first-order chi connectivity index (χ1) is 14.3. The molecule has 2 rings (SSSR count). The van der Waals surface area contributed by atoms with E-state index < -0.39 is 67.7 Å². The summed E-state index contributed by atoms with van der Waals surface area (Å²) in [5.41, 5.74) is 0.218. The summed E-state index contributed by atoms with van der Waals surface area (Å²) < 4.78 is 31.9. The Kier molecular flexibility index (Phi) is 9.19. The lowest BCUT2D eigenvalue weighted by molar-refractivity contribution is -0.339. The number of carbonyl (C=O) groups is 1. The van der Waals surface area contributed by atoms with Gasteiger partial charge in [0.05, 0.1) is 25.6 Å². The van der Waals surface area contributed by atoms with E-state index >= 15 is 0 Å². The van der Waals surface area contributed by atoms with Crippen LogP contribution in [0.2, 0.25) is 0 Å². The molecular formula is C19H30O11. The molecule has 0 aromatic carbocycles. The van der Waals surface area contributed by atoms with Crippen LogP contribution in [-0.2, 0) is 33.2 Å². The molecule has 0 spiro atoms. The summed E-state index contributed by atoms with van der Waals surface area (Å²) in [5, 5.41) is 39.4. The first-order valence-electron chi connectivity index (χ1n) is 9.40. The SMILES string of the molecule is C=C[C@H]1[C@H](O[C@H]2O[C@H](CO)[C@@H](O)[C@H](O)[C@H]2O)OC=C(C(=O)OC)[C@H]1CC(OC)OC. The van der Waals surface area contributed by atoms with Crippen LogP contribution in [0.5, 0.6) is 0 Å². The third-order valence-corrected chi connectivity index (χ3v) is 5.29. The van der Waals surface area contributed by atoms with Crippen molar-refractivity contribution in [3.63, 3.8) is 0 Å². The third kappa shape index (κ3) is 5.18. The lowest BCUT2D eigenvalue weighted by Crippen LogP contribution is -2.60. The minimum atomic E-state index is -1.60. The van der Waals surface area contributed by atoms with Gasteiger partial charge < -0.3 is 48.8 Å². The molecule has 0 aromatic heterocycles. The zero-order valence-corrected chi connectivity index (χ0v) is 17.1. The monoisotopic (exact) mass is 434 g/mol. The van der Waals surface area contributed by atoms with E-state index in [-0.39, 0.29) is 12.0 Å². The summed E-state index contributed by atoms with van der Waals surface area (Å²) in [4.78, 5) is 12.2. The van der Waals surface area contributed by atoms with Crippen molar-refractivity contribution in [2.45, 2.75) is 49.7 Å². The quantitative estimate of drug-likeness (QED) is 0.193. The summed E-state index contributed by atoms with van der Waals surface area (Å²) in [6.45, 7) is 3.18. The van der Waals surface area contributed by atoms with Crippen LogP contribution < -0.4 is 0 Å². The van der Waals surface area contributed by atoms with Crippen molar-refractivity contribution in [2.24, 2.45) is 11.8 Å².